The molecular weight excluding hydrogens is 545 g/mol. The fraction of sp³-hybridized carbons (Fsp3) is 0.269. The van der Waals surface area contributed by atoms with Gasteiger partial charge in [0.15, 0.2) is 0 Å². The molecule has 0 saturated carbocycles. The number of alkyl carbamates (subject to hydrolysis) is 1. The van der Waals surface area contributed by atoms with E-state index in [0.29, 0.717) is 25.0 Å². The van der Waals surface area contributed by atoms with E-state index in [-0.39, 0.29) is 11.8 Å². The molecule has 0 bridgehead atoms. The topological polar surface area (TPSA) is 126 Å². The van der Waals surface area contributed by atoms with Crippen LogP contribution in [0.15, 0.2) is 77.1 Å². The average Bonchev–Trinajstić information content (AvgIpc) is 3.62. The lowest BCUT2D eigenvalue weighted by Crippen LogP contribution is -2.49. The van der Waals surface area contributed by atoms with E-state index in [1.54, 1.807) is 17.4 Å². The second kappa shape index (κ2) is 13.4. The summed E-state index contributed by atoms with van der Waals surface area (Å²) < 4.78 is 29.1. The number of hydrogen-bond acceptors (Lipinski definition) is 8. The lowest BCUT2D eigenvalue weighted by molar-refractivity contribution is -0.123. The van der Waals surface area contributed by atoms with Gasteiger partial charge in [-0.1, -0.05) is 48.6 Å². The maximum Gasteiger partial charge on any atom is 0.407 e. The van der Waals surface area contributed by atoms with Crippen LogP contribution in [-0.2, 0) is 26.8 Å². The molecule has 200 valence electrons. The molecule has 9 nitrogen and oxygen atoms in total. The number of hydrogen-bond donors (Lipinski definition) is 4. The minimum atomic E-state index is -2.73. The van der Waals surface area contributed by atoms with E-state index in [2.05, 4.69) is 15.4 Å². The molecule has 0 saturated heterocycles. The molecule has 4 rings (SSSR count). The Morgan fingerprint density at radius 2 is 1.95 bits per heavy atom. The lowest BCUT2D eigenvalue weighted by Gasteiger charge is -2.25. The maximum absolute atomic E-state index is 13.5. The Morgan fingerprint density at radius 3 is 2.61 bits per heavy atom. The van der Waals surface area contributed by atoms with E-state index in [0.717, 1.165) is 21.1 Å². The summed E-state index contributed by atoms with van der Waals surface area (Å²) in [5, 5.41) is 10.6. The second-order valence-corrected chi connectivity index (χ2v) is 11.2. The molecule has 0 radical (unpaired) electrons. The molecule has 1 aliphatic carbocycles. The lowest BCUT2D eigenvalue weighted by atomic mass is 9.91. The van der Waals surface area contributed by atoms with Crippen LogP contribution in [0.25, 0.3) is 9.88 Å². The van der Waals surface area contributed by atoms with Gasteiger partial charge in [0.2, 0.25) is 16.8 Å². The van der Waals surface area contributed by atoms with Gasteiger partial charge in [-0.3, -0.25) is 9.52 Å². The third kappa shape index (κ3) is 7.76. The van der Waals surface area contributed by atoms with Crippen LogP contribution < -0.4 is 15.4 Å². The Balaban J connectivity index is 1.54. The van der Waals surface area contributed by atoms with E-state index < -0.39 is 29.1 Å². The number of benzene rings is 1. The summed E-state index contributed by atoms with van der Waals surface area (Å²) in [5.41, 5.74) is 2.15. The number of thiol groups is 1. The summed E-state index contributed by atoms with van der Waals surface area (Å²) in [7, 11) is -1.48. The number of nitrogens with one attached hydrogen (secondary N) is 3. The van der Waals surface area contributed by atoms with E-state index in [9.17, 15) is 18.0 Å². The molecule has 3 atom stereocenters. The van der Waals surface area contributed by atoms with E-state index in [4.69, 9.17) is 9.72 Å². The number of rotatable bonds is 11. The first-order valence-corrected chi connectivity index (χ1v) is 14.8. The molecule has 0 aliphatic heterocycles. The van der Waals surface area contributed by atoms with E-state index in [1.165, 1.54) is 18.4 Å². The van der Waals surface area contributed by atoms with Gasteiger partial charge in [-0.25, -0.2) is 18.2 Å². The molecule has 3 aromatic rings. The van der Waals surface area contributed by atoms with E-state index >= 15 is 0 Å². The smallest absolute Gasteiger partial charge is 0.407 e. The van der Waals surface area contributed by atoms with Gasteiger partial charge in [-0.15, -0.1) is 22.7 Å². The van der Waals surface area contributed by atoms with Gasteiger partial charge in [0.1, 0.15) is 11.0 Å². The van der Waals surface area contributed by atoms with Gasteiger partial charge < -0.3 is 15.4 Å². The minimum absolute atomic E-state index is 0.0448. The van der Waals surface area contributed by atoms with Gasteiger partial charge in [0, 0.05) is 17.5 Å². The molecule has 38 heavy (non-hydrogen) atoms. The summed E-state index contributed by atoms with van der Waals surface area (Å²) >= 11 is 3.10. The van der Waals surface area contributed by atoms with Crippen LogP contribution in [0.3, 0.4) is 0 Å². The SMILES string of the molecule is COC(=O)N[C@@H](Cc1ccccc1)C(=O)N[C@@H](CC1C=CC(N[SH](=O)=O)=CC1)c1csc(-c2cccs2)n1. The van der Waals surface area contributed by atoms with E-state index in [1.807, 2.05) is 65.4 Å². The third-order valence-corrected chi connectivity index (χ3v) is 8.29. The molecule has 1 aliphatic rings. The minimum Gasteiger partial charge on any atom is -0.453 e. The summed E-state index contributed by atoms with van der Waals surface area (Å²) in [6.07, 6.45) is 6.23. The van der Waals surface area contributed by atoms with Crippen LogP contribution >= 0.6 is 22.7 Å². The number of carbonyl (C=O) groups excluding carboxylic acids is 2. The van der Waals surface area contributed by atoms with Crippen molar-refractivity contribution in [1.29, 1.82) is 0 Å². The van der Waals surface area contributed by atoms with Crippen LogP contribution in [0, 0.1) is 5.92 Å². The Labute approximate surface area is 230 Å². The number of thiophene rings is 1. The zero-order valence-corrected chi connectivity index (χ0v) is 23.1. The van der Waals surface area contributed by atoms with Crippen LogP contribution in [0.1, 0.15) is 30.1 Å². The quantitative estimate of drug-likeness (QED) is 0.258. The molecule has 0 fully saturated rings. The summed E-state index contributed by atoms with van der Waals surface area (Å²) in [6, 6.07) is 12.1. The number of methoxy groups -OCH3 is 1. The summed E-state index contributed by atoms with van der Waals surface area (Å²) in [4.78, 5) is 31.4. The van der Waals surface area contributed by atoms with Crippen molar-refractivity contribution < 1.29 is 22.7 Å². The molecule has 3 N–H and O–H groups in total. The number of thiazole rings is 1. The highest BCUT2D eigenvalue weighted by Gasteiger charge is 2.28. The van der Waals surface area contributed by atoms with Gasteiger partial charge in [0.05, 0.1) is 23.7 Å². The highest BCUT2D eigenvalue weighted by atomic mass is 32.2. The standard InChI is InChI=1S/C26H28N4O5S3/c1-35-26(32)29-21(15-17-6-3-2-4-7-17)24(31)27-20(14-18-9-11-19(12-10-18)30-38(33)34)22-16-37-25(28-22)23-8-5-13-36-23/h2-9,11-13,16,18,20-21,38H,10,14-15H2,1H3,(H,27,31)(H,29,32)(H,30,33,34)/t18?,20-,21-/m0/s1. The number of ether oxygens (including phenoxy) is 1. The van der Waals surface area contributed by atoms with Crippen molar-refractivity contribution in [3.63, 3.8) is 0 Å². The number of nitrogens with zero attached hydrogens (tertiary/aromatic N) is 1. The zero-order valence-electron chi connectivity index (χ0n) is 20.5. The largest absolute Gasteiger partial charge is 0.453 e. The average molecular weight is 573 g/mol. The third-order valence-electron chi connectivity index (χ3n) is 5.95. The van der Waals surface area contributed by atoms with Gasteiger partial charge in [-0.2, -0.15) is 0 Å². The Kier molecular flexibility index (Phi) is 9.68. The van der Waals surface area contributed by atoms with Crippen LogP contribution in [0.5, 0.6) is 0 Å². The Morgan fingerprint density at radius 1 is 1.13 bits per heavy atom. The summed E-state index contributed by atoms with van der Waals surface area (Å²) in [6.45, 7) is 0. The van der Waals surface area contributed by atoms with Crippen molar-refractivity contribution in [1.82, 2.24) is 20.3 Å². The first-order chi connectivity index (χ1) is 18.4. The Bertz CT molecular complexity index is 1360. The van der Waals surface area contributed by atoms with Crippen molar-refractivity contribution in [2.24, 2.45) is 5.92 Å². The second-order valence-electron chi connectivity index (χ2n) is 8.61. The number of carbonyl (C=O) groups is 2. The highest BCUT2D eigenvalue weighted by Crippen LogP contribution is 2.33. The van der Waals surface area contributed by atoms with Crippen molar-refractivity contribution in [3.8, 4) is 9.88 Å². The van der Waals surface area contributed by atoms with Crippen molar-refractivity contribution in [3.05, 3.63) is 88.4 Å². The fourth-order valence-corrected chi connectivity index (χ4v) is 6.14. The monoisotopic (exact) mass is 572 g/mol. The van der Waals surface area contributed by atoms with Crippen LogP contribution in [0.2, 0.25) is 0 Å². The molecule has 1 aromatic carbocycles. The normalized spacial score (nSPS) is 16.4. The zero-order chi connectivity index (χ0) is 26.9. The molecular formula is C26H28N4O5S3. The molecule has 12 heteroatoms. The molecule has 2 aromatic heterocycles. The molecule has 0 spiro atoms. The van der Waals surface area contributed by atoms with Crippen molar-refractivity contribution in [2.75, 3.05) is 7.11 Å². The predicted octanol–water partition coefficient (Wildman–Crippen LogP) is 3.96. The molecule has 1 unspecified atom stereocenters. The van der Waals surface area contributed by atoms with Gasteiger partial charge >= 0.3 is 6.09 Å². The van der Waals surface area contributed by atoms with Crippen molar-refractivity contribution in [2.45, 2.75) is 31.3 Å². The van der Waals surface area contributed by atoms with Crippen LogP contribution in [0.4, 0.5) is 4.79 Å². The number of aromatic nitrogens is 1. The summed E-state index contributed by atoms with van der Waals surface area (Å²) in [5.74, 6) is -0.306. The van der Waals surface area contributed by atoms with Crippen LogP contribution in [-0.4, -0.2) is 38.6 Å². The molecule has 2 amide bonds. The number of allylic oxidation sites excluding steroid dienone is 3. The Hall–Kier alpha value is -3.48. The highest BCUT2D eigenvalue weighted by molar-refractivity contribution is 7.70. The fourth-order valence-electron chi connectivity index (χ4n) is 4.08. The first kappa shape index (κ1) is 27.6. The maximum atomic E-state index is 13.5. The van der Waals surface area contributed by atoms with Gasteiger partial charge in [-0.05, 0) is 41.8 Å². The van der Waals surface area contributed by atoms with Gasteiger partial charge in [0.25, 0.3) is 0 Å². The predicted molar refractivity (Wildman–Crippen MR) is 149 cm³/mol. The molecule has 2 heterocycles. The van der Waals surface area contributed by atoms with Crippen molar-refractivity contribution >= 4 is 45.6 Å². The number of amides is 2. The first-order valence-electron chi connectivity index (χ1n) is 11.9.